The van der Waals surface area contributed by atoms with Crippen LogP contribution in [-0.2, 0) is 0 Å². The number of unbranched alkanes of at least 4 members (excludes halogenated alkanes) is 12. The van der Waals surface area contributed by atoms with Gasteiger partial charge in [-0.1, -0.05) is 133 Å². The molecule has 0 aromatic heterocycles. The predicted molar refractivity (Wildman–Crippen MR) is 119 cm³/mol. The second-order valence-electron chi connectivity index (χ2n) is 8.12. The fourth-order valence-electron chi connectivity index (χ4n) is 4.05. The van der Waals surface area contributed by atoms with Crippen molar-refractivity contribution in [2.24, 2.45) is 0 Å². The number of benzene rings is 2. The molecule has 2 rings (SSSR count). The molecule has 150 valence electrons. The number of fused-ring (bicyclic) bond motifs is 1. The molecule has 2 aromatic rings. The van der Waals surface area contributed by atoms with E-state index in [1.807, 2.05) is 0 Å². The second kappa shape index (κ2) is 13.8. The monoisotopic (exact) mass is 368 g/mol. The maximum atomic E-state index is 10.6. The Kier molecular flexibility index (Phi) is 11.2. The summed E-state index contributed by atoms with van der Waals surface area (Å²) >= 11 is 0. The molecule has 0 heterocycles. The molecule has 1 nitrogen and oxygen atoms in total. The Morgan fingerprint density at radius 1 is 0.630 bits per heavy atom. The van der Waals surface area contributed by atoms with Crippen LogP contribution in [0.25, 0.3) is 10.8 Å². The summed E-state index contributed by atoms with van der Waals surface area (Å²) in [6.45, 7) is 2.28. The van der Waals surface area contributed by atoms with Crippen LogP contribution in [0.4, 0.5) is 0 Å². The Morgan fingerprint density at radius 3 is 1.78 bits per heavy atom. The summed E-state index contributed by atoms with van der Waals surface area (Å²) < 4.78 is 0. The third-order valence-electron chi connectivity index (χ3n) is 5.76. The van der Waals surface area contributed by atoms with Crippen LogP contribution in [0.2, 0.25) is 0 Å². The van der Waals surface area contributed by atoms with Crippen LogP contribution in [0.1, 0.15) is 108 Å². The molecule has 0 saturated carbocycles. The molecule has 1 N–H and O–H groups in total. The molecule has 1 unspecified atom stereocenters. The maximum Gasteiger partial charge on any atom is 0.0796 e. The Balaban J connectivity index is 1.49. The predicted octanol–water partition coefficient (Wildman–Crippen LogP) is 8.35. The van der Waals surface area contributed by atoms with Gasteiger partial charge < -0.3 is 5.11 Å². The SMILES string of the molecule is CCCCCCCCCCCCCCCC(O)c1cccc2ccccc12. The number of hydrogen-bond acceptors (Lipinski definition) is 1. The highest BCUT2D eigenvalue weighted by molar-refractivity contribution is 5.85. The van der Waals surface area contributed by atoms with E-state index in [9.17, 15) is 5.11 Å². The van der Waals surface area contributed by atoms with Gasteiger partial charge in [-0.25, -0.2) is 0 Å². The lowest BCUT2D eigenvalue weighted by Crippen LogP contribution is -1.98. The molecule has 0 aliphatic rings. The standard InChI is InChI=1S/C26H40O/c1-2-3-4-5-6-7-8-9-10-11-12-13-14-22-26(27)25-21-17-19-23-18-15-16-20-24(23)25/h15-21,26-27H,2-14,22H2,1H3. The van der Waals surface area contributed by atoms with E-state index in [2.05, 4.69) is 49.4 Å². The van der Waals surface area contributed by atoms with E-state index in [0.29, 0.717) is 0 Å². The van der Waals surface area contributed by atoms with E-state index in [0.717, 1.165) is 18.4 Å². The lowest BCUT2D eigenvalue weighted by Gasteiger charge is -2.13. The molecule has 1 heteroatoms. The molecule has 0 radical (unpaired) electrons. The first-order valence-corrected chi connectivity index (χ1v) is 11.5. The van der Waals surface area contributed by atoms with Crippen molar-refractivity contribution in [3.05, 3.63) is 48.0 Å². The molecular formula is C26H40O. The summed E-state index contributed by atoms with van der Waals surface area (Å²) in [4.78, 5) is 0. The van der Waals surface area contributed by atoms with Gasteiger partial charge in [-0.2, -0.15) is 0 Å². The van der Waals surface area contributed by atoms with Gasteiger partial charge in [0.1, 0.15) is 0 Å². The molecule has 0 aliphatic carbocycles. The fourth-order valence-corrected chi connectivity index (χ4v) is 4.05. The fraction of sp³-hybridized carbons (Fsp3) is 0.615. The largest absolute Gasteiger partial charge is 0.388 e. The van der Waals surface area contributed by atoms with Crippen molar-refractivity contribution in [2.75, 3.05) is 0 Å². The van der Waals surface area contributed by atoms with Gasteiger partial charge in [0.15, 0.2) is 0 Å². The van der Waals surface area contributed by atoms with E-state index in [4.69, 9.17) is 0 Å². The smallest absolute Gasteiger partial charge is 0.0796 e. The van der Waals surface area contributed by atoms with Crippen LogP contribution < -0.4 is 0 Å². The first kappa shape index (κ1) is 22.0. The maximum absolute atomic E-state index is 10.6. The Bertz CT molecular complexity index is 613. The molecule has 0 saturated heterocycles. The van der Waals surface area contributed by atoms with Crippen LogP contribution in [0.5, 0.6) is 0 Å². The highest BCUT2D eigenvalue weighted by Gasteiger charge is 2.10. The third-order valence-corrected chi connectivity index (χ3v) is 5.76. The molecule has 0 bridgehead atoms. The van der Waals surface area contributed by atoms with E-state index < -0.39 is 0 Å². The highest BCUT2D eigenvalue weighted by atomic mass is 16.3. The zero-order valence-electron chi connectivity index (χ0n) is 17.5. The van der Waals surface area contributed by atoms with Crippen molar-refractivity contribution in [3.63, 3.8) is 0 Å². The topological polar surface area (TPSA) is 20.2 Å². The summed E-state index contributed by atoms with van der Waals surface area (Å²) in [7, 11) is 0. The van der Waals surface area contributed by atoms with E-state index >= 15 is 0 Å². The summed E-state index contributed by atoms with van der Waals surface area (Å²) in [5, 5.41) is 13.0. The molecule has 27 heavy (non-hydrogen) atoms. The third kappa shape index (κ3) is 8.47. The lowest BCUT2D eigenvalue weighted by molar-refractivity contribution is 0.165. The minimum atomic E-state index is -0.330. The Morgan fingerprint density at radius 2 is 1.15 bits per heavy atom. The molecular weight excluding hydrogens is 328 g/mol. The van der Waals surface area contributed by atoms with Crippen LogP contribution >= 0.6 is 0 Å². The molecule has 1 atom stereocenters. The van der Waals surface area contributed by atoms with Crippen LogP contribution in [0.15, 0.2) is 42.5 Å². The average Bonchev–Trinajstić information content (AvgIpc) is 2.71. The van der Waals surface area contributed by atoms with Gasteiger partial charge in [-0.15, -0.1) is 0 Å². The first-order chi connectivity index (χ1) is 13.3. The number of hydrogen-bond donors (Lipinski definition) is 1. The van der Waals surface area contributed by atoms with Gasteiger partial charge >= 0.3 is 0 Å². The van der Waals surface area contributed by atoms with Crippen LogP contribution in [-0.4, -0.2) is 5.11 Å². The minimum Gasteiger partial charge on any atom is -0.388 e. The normalized spacial score (nSPS) is 12.5. The van der Waals surface area contributed by atoms with Crippen molar-refractivity contribution in [1.82, 2.24) is 0 Å². The number of aliphatic hydroxyl groups is 1. The molecule has 0 fully saturated rings. The van der Waals surface area contributed by atoms with Gasteiger partial charge in [0, 0.05) is 0 Å². The van der Waals surface area contributed by atoms with Gasteiger partial charge in [-0.05, 0) is 22.8 Å². The van der Waals surface area contributed by atoms with Gasteiger partial charge in [0.25, 0.3) is 0 Å². The van der Waals surface area contributed by atoms with Crippen LogP contribution in [0, 0.1) is 0 Å². The van der Waals surface area contributed by atoms with Crippen molar-refractivity contribution >= 4 is 10.8 Å². The van der Waals surface area contributed by atoms with Gasteiger partial charge in [0.05, 0.1) is 6.10 Å². The van der Waals surface area contributed by atoms with Crippen molar-refractivity contribution in [2.45, 2.75) is 103 Å². The highest BCUT2D eigenvalue weighted by Crippen LogP contribution is 2.27. The van der Waals surface area contributed by atoms with Crippen molar-refractivity contribution in [1.29, 1.82) is 0 Å². The van der Waals surface area contributed by atoms with Gasteiger partial charge in [0.2, 0.25) is 0 Å². The summed E-state index contributed by atoms with van der Waals surface area (Å²) in [6.07, 6.45) is 18.3. The second-order valence-corrected chi connectivity index (χ2v) is 8.12. The van der Waals surface area contributed by atoms with E-state index in [-0.39, 0.29) is 6.10 Å². The quantitative estimate of drug-likeness (QED) is 0.313. The Hall–Kier alpha value is -1.34. The van der Waals surface area contributed by atoms with Gasteiger partial charge in [-0.3, -0.25) is 0 Å². The average molecular weight is 369 g/mol. The number of aliphatic hydroxyl groups excluding tert-OH is 1. The Labute approximate surface area is 167 Å². The van der Waals surface area contributed by atoms with Crippen molar-refractivity contribution in [3.8, 4) is 0 Å². The summed E-state index contributed by atoms with van der Waals surface area (Å²) in [6, 6.07) is 14.6. The number of rotatable bonds is 15. The minimum absolute atomic E-state index is 0.330. The van der Waals surface area contributed by atoms with Crippen molar-refractivity contribution < 1.29 is 5.11 Å². The van der Waals surface area contributed by atoms with E-state index in [1.165, 1.54) is 87.8 Å². The zero-order chi connectivity index (χ0) is 19.2. The molecule has 0 amide bonds. The summed E-state index contributed by atoms with van der Waals surface area (Å²) in [5.41, 5.74) is 1.09. The molecule has 0 spiro atoms. The van der Waals surface area contributed by atoms with E-state index in [1.54, 1.807) is 0 Å². The lowest BCUT2D eigenvalue weighted by atomic mass is 9.96. The molecule has 2 aromatic carbocycles. The first-order valence-electron chi connectivity index (χ1n) is 11.5. The molecule has 0 aliphatic heterocycles. The van der Waals surface area contributed by atoms with Crippen LogP contribution in [0.3, 0.4) is 0 Å². The zero-order valence-corrected chi connectivity index (χ0v) is 17.5. The summed E-state index contributed by atoms with van der Waals surface area (Å²) in [5.74, 6) is 0.